The van der Waals surface area contributed by atoms with Crippen molar-refractivity contribution in [2.75, 3.05) is 0 Å². The van der Waals surface area contributed by atoms with Crippen LogP contribution in [0.2, 0.25) is 0 Å². The second-order valence-corrected chi connectivity index (χ2v) is 9.66. The smallest absolute Gasteiger partial charge is 0.155 e. The molecule has 25 heavy (non-hydrogen) atoms. The number of fused-ring (bicyclic) bond motifs is 5. The lowest BCUT2D eigenvalue weighted by atomic mass is 9.46. The maximum absolute atomic E-state index is 13.5. The number of hydrogen-bond acceptors (Lipinski definition) is 5. The number of ketones is 3. The van der Waals surface area contributed by atoms with Gasteiger partial charge in [0.25, 0.3) is 0 Å². The van der Waals surface area contributed by atoms with E-state index in [-0.39, 0.29) is 35.6 Å². The van der Waals surface area contributed by atoms with E-state index in [9.17, 15) is 19.6 Å². The Kier molecular flexibility index (Phi) is 3.61. The molecule has 4 aliphatic carbocycles. The SMILES string of the molecule is CC12CC(=O)C3(SC#N)C(CCC4=CC(=O)CCC43C)C1CCC2=O. The van der Waals surface area contributed by atoms with Gasteiger partial charge in [0.2, 0.25) is 0 Å². The molecule has 0 saturated heterocycles. The van der Waals surface area contributed by atoms with Gasteiger partial charge >= 0.3 is 0 Å². The molecule has 5 unspecified atom stereocenters. The molecule has 5 atom stereocenters. The number of nitriles is 1. The van der Waals surface area contributed by atoms with Gasteiger partial charge in [0.1, 0.15) is 15.9 Å². The van der Waals surface area contributed by atoms with Gasteiger partial charge in [-0.05, 0) is 55.4 Å². The van der Waals surface area contributed by atoms with Crippen LogP contribution >= 0.6 is 11.8 Å². The number of thioether (sulfide) groups is 1. The third-order valence-corrected chi connectivity index (χ3v) is 9.15. The lowest BCUT2D eigenvalue weighted by molar-refractivity contribution is -0.146. The molecule has 0 aliphatic heterocycles. The fourth-order valence-electron chi connectivity index (χ4n) is 6.41. The maximum Gasteiger partial charge on any atom is 0.155 e. The third kappa shape index (κ3) is 1.92. The van der Waals surface area contributed by atoms with Gasteiger partial charge in [-0.1, -0.05) is 19.4 Å². The monoisotopic (exact) mass is 357 g/mol. The number of thiocyanates is 1. The van der Waals surface area contributed by atoms with Gasteiger partial charge in [0.15, 0.2) is 11.6 Å². The van der Waals surface area contributed by atoms with Crippen LogP contribution in [0.4, 0.5) is 0 Å². The van der Waals surface area contributed by atoms with Crippen molar-refractivity contribution in [2.45, 2.75) is 63.5 Å². The zero-order chi connectivity index (χ0) is 18.0. The second kappa shape index (κ2) is 5.30. The van der Waals surface area contributed by atoms with Crippen molar-refractivity contribution < 1.29 is 14.4 Å². The highest BCUT2D eigenvalue weighted by Crippen LogP contribution is 2.69. The van der Waals surface area contributed by atoms with Gasteiger partial charge in [-0.15, -0.1) is 0 Å². The van der Waals surface area contributed by atoms with E-state index in [1.54, 1.807) is 6.08 Å². The Bertz CT molecular complexity index is 765. The van der Waals surface area contributed by atoms with Crippen LogP contribution in [0.1, 0.15) is 58.8 Å². The van der Waals surface area contributed by atoms with Crippen LogP contribution in [0, 0.1) is 33.3 Å². The number of hydrogen-bond donors (Lipinski definition) is 0. The predicted molar refractivity (Wildman–Crippen MR) is 94.6 cm³/mol. The molecule has 0 amide bonds. The number of rotatable bonds is 1. The molecule has 4 aliphatic rings. The van der Waals surface area contributed by atoms with Crippen molar-refractivity contribution in [3.63, 3.8) is 0 Å². The molecule has 0 spiro atoms. The summed E-state index contributed by atoms with van der Waals surface area (Å²) < 4.78 is -0.804. The first-order valence-corrected chi connectivity index (χ1v) is 9.99. The third-order valence-electron chi connectivity index (χ3n) is 7.75. The number of carbonyl (C=O) groups is 3. The molecule has 0 bridgehead atoms. The Labute approximate surface area is 152 Å². The summed E-state index contributed by atoms with van der Waals surface area (Å²) in [6.07, 6.45) is 6.03. The van der Waals surface area contributed by atoms with E-state index in [0.29, 0.717) is 19.3 Å². The number of carbonyl (C=O) groups excluding carboxylic acids is 3. The lowest BCUT2D eigenvalue weighted by Gasteiger charge is -2.61. The summed E-state index contributed by atoms with van der Waals surface area (Å²) in [5.41, 5.74) is 0.0430. The molecular formula is C20H23NO3S. The Morgan fingerprint density at radius 2 is 1.80 bits per heavy atom. The average Bonchev–Trinajstić information content (AvgIpc) is 2.85. The molecule has 3 saturated carbocycles. The van der Waals surface area contributed by atoms with Crippen LogP contribution in [0.3, 0.4) is 0 Å². The molecular weight excluding hydrogens is 334 g/mol. The lowest BCUT2D eigenvalue weighted by Crippen LogP contribution is -2.66. The number of allylic oxidation sites excluding steroid dienone is 1. The highest BCUT2D eigenvalue weighted by Gasteiger charge is 2.70. The van der Waals surface area contributed by atoms with E-state index in [1.807, 2.05) is 6.92 Å². The molecule has 0 aromatic rings. The van der Waals surface area contributed by atoms with Crippen molar-refractivity contribution in [2.24, 2.45) is 22.7 Å². The molecule has 5 heteroatoms. The fourth-order valence-corrected chi connectivity index (χ4v) is 7.63. The summed E-state index contributed by atoms with van der Waals surface area (Å²) in [5.74, 6) is 0.624. The molecule has 0 heterocycles. The Morgan fingerprint density at radius 3 is 2.52 bits per heavy atom. The van der Waals surface area contributed by atoms with E-state index in [2.05, 4.69) is 12.3 Å². The van der Waals surface area contributed by atoms with E-state index in [0.717, 1.165) is 36.6 Å². The summed E-state index contributed by atoms with van der Waals surface area (Å²) in [4.78, 5) is 38.0. The quantitative estimate of drug-likeness (QED) is 0.670. The molecule has 4 rings (SSSR count). The van der Waals surface area contributed by atoms with Crippen LogP contribution in [0.5, 0.6) is 0 Å². The minimum Gasteiger partial charge on any atom is -0.299 e. The molecule has 3 fully saturated rings. The summed E-state index contributed by atoms with van der Waals surface area (Å²) in [6, 6.07) is 0. The average molecular weight is 357 g/mol. The first kappa shape index (κ1) is 17.0. The highest BCUT2D eigenvalue weighted by atomic mass is 32.2. The van der Waals surface area contributed by atoms with Crippen molar-refractivity contribution in [3.05, 3.63) is 11.6 Å². The van der Waals surface area contributed by atoms with E-state index in [1.165, 1.54) is 0 Å². The Balaban J connectivity index is 1.90. The van der Waals surface area contributed by atoms with E-state index < -0.39 is 15.6 Å². The molecule has 4 nitrogen and oxygen atoms in total. The molecule has 0 aromatic heterocycles. The fraction of sp³-hybridized carbons (Fsp3) is 0.700. The van der Waals surface area contributed by atoms with Crippen molar-refractivity contribution in [1.29, 1.82) is 5.26 Å². The predicted octanol–water partition coefficient (Wildman–Crippen LogP) is 3.60. The van der Waals surface area contributed by atoms with Crippen LogP contribution in [0.15, 0.2) is 11.6 Å². The summed E-state index contributed by atoms with van der Waals surface area (Å²) in [6.45, 7) is 4.04. The topological polar surface area (TPSA) is 75.0 Å². The zero-order valence-electron chi connectivity index (χ0n) is 14.8. The van der Waals surface area contributed by atoms with Crippen LogP contribution < -0.4 is 0 Å². The second-order valence-electron chi connectivity index (χ2n) is 8.63. The number of nitrogens with zero attached hydrogens (tertiary/aromatic N) is 1. The van der Waals surface area contributed by atoms with Gasteiger partial charge in [-0.3, -0.25) is 14.4 Å². The first-order chi connectivity index (χ1) is 11.8. The first-order valence-electron chi connectivity index (χ1n) is 9.17. The van der Waals surface area contributed by atoms with Gasteiger partial charge in [0.05, 0.1) is 0 Å². The van der Waals surface area contributed by atoms with E-state index in [4.69, 9.17) is 0 Å². The van der Waals surface area contributed by atoms with E-state index >= 15 is 0 Å². The maximum atomic E-state index is 13.5. The largest absolute Gasteiger partial charge is 0.299 e. The minimum absolute atomic E-state index is 0.0465. The van der Waals surface area contributed by atoms with Gasteiger partial charge < -0.3 is 0 Å². The van der Waals surface area contributed by atoms with Crippen molar-refractivity contribution in [3.8, 4) is 5.40 Å². The Morgan fingerprint density at radius 1 is 1.08 bits per heavy atom. The molecule has 0 aromatic carbocycles. The van der Waals surface area contributed by atoms with Crippen LogP contribution in [0.25, 0.3) is 0 Å². The molecule has 132 valence electrons. The zero-order valence-corrected chi connectivity index (χ0v) is 15.6. The van der Waals surface area contributed by atoms with Gasteiger partial charge in [-0.25, -0.2) is 0 Å². The summed E-state index contributed by atoms with van der Waals surface area (Å²) in [7, 11) is 0. The minimum atomic E-state index is -0.804. The summed E-state index contributed by atoms with van der Waals surface area (Å²) >= 11 is 1.12. The highest BCUT2D eigenvalue weighted by molar-refractivity contribution is 8.05. The van der Waals surface area contributed by atoms with Crippen LogP contribution in [-0.2, 0) is 14.4 Å². The van der Waals surface area contributed by atoms with Gasteiger partial charge in [0, 0.05) is 30.1 Å². The molecule has 0 radical (unpaired) electrons. The normalized spacial score (nSPS) is 46.0. The Hall–Kier alpha value is -1.41. The summed E-state index contributed by atoms with van der Waals surface area (Å²) in [5, 5.41) is 11.8. The molecule has 0 N–H and O–H groups in total. The number of Topliss-reactive ketones (excluding diaryl/α,β-unsaturated/α-hetero) is 2. The van der Waals surface area contributed by atoms with Crippen molar-refractivity contribution in [1.82, 2.24) is 0 Å². The van der Waals surface area contributed by atoms with Crippen molar-refractivity contribution >= 4 is 29.1 Å². The van der Waals surface area contributed by atoms with Crippen LogP contribution in [-0.4, -0.2) is 22.1 Å². The standard InChI is InChI=1S/C20H23NO3S/c1-18-10-17(24)20(25-11-21)15(14(18)5-6-16(18)23)4-3-12-9-13(22)7-8-19(12,20)2/h9,14-15H,3-8,10H2,1-2H3. The van der Waals surface area contributed by atoms with Gasteiger partial charge in [-0.2, -0.15) is 5.26 Å².